The number of ether oxygens (including phenoxy) is 3. The molecule has 4 rings (SSSR count). The van der Waals surface area contributed by atoms with Gasteiger partial charge in [-0.05, 0) is 43.5 Å². The summed E-state index contributed by atoms with van der Waals surface area (Å²) >= 11 is 4.89. The van der Waals surface area contributed by atoms with Crippen LogP contribution in [0.25, 0.3) is 11.3 Å². The minimum Gasteiger partial charge on any atom is -0.481 e. The average Bonchev–Trinajstić information content (AvgIpc) is 2.94. The van der Waals surface area contributed by atoms with E-state index in [-0.39, 0.29) is 6.61 Å². The normalized spacial score (nSPS) is 14.4. The fourth-order valence-corrected chi connectivity index (χ4v) is 3.72. The first-order valence-electron chi connectivity index (χ1n) is 9.48. The maximum Gasteiger partial charge on any atom is 0.344 e. The third-order valence-corrected chi connectivity index (χ3v) is 5.45. The van der Waals surface area contributed by atoms with Gasteiger partial charge in [0, 0.05) is 15.7 Å². The van der Waals surface area contributed by atoms with E-state index in [1.807, 2.05) is 42.7 Å². The van der Waals surface area contributed by atoms with Gasteiger partial charge in [0.25, 0.3) is 0 Å². The second-order valence-electron chi connectivity index (χ2n) is 6.42. The van der Waals surface area contributed by atoms with E-state index < -0.39 is 12.2 Å². The van der Waals surface area contributed by atoms with Gasteiger partial charge in [0.15, 0.2) is 12.3 Å². The number of carbonyl (C=O) groups is 1. The summed E-state index contributed by atoms with van der Waals surface area (Å²) in [6.07, 6.45) is 1.24. The molecule has 1 N–H and O–H groups in total. The van der Waals surface area contributed by atoms with Crippen molar-refractivity contribution in [3.8, 4) is 22.9 Å². The number of para-hydroxylation sites is 1. The smallest absolute Gasteiger partial charge is 0.344 e. The molecule has 10 heteroatoms. The topological polar surface area (TPSA) is 95.5 Å². The number of carbonyl (C=O) groups excluding carboxylic acids is 1. The van der Waals surface area contributed by atoms with Gasteiger partial charge in [-0.2, -0.15) is 4.98 Å². The van der Waals surface area contributed by atoms with Crippen molar-refractivity contribution in [3.05, 3.63) is 52.5 Å². The van der Waals surface area contributed by atoms with Crippen LogP contribution < -0.4 is 14.8 Å². The molecule has 0 amide bonds. The number of fused-ring (bicyclic) bond motifs is 3. The van der Waals surface area contributed by atoms with E-state index in [1.165, 1.54) is 11.8 Å². The Balaban J connectivity index is 1.74. The van der Waals surface area contributed by atoms with Gasteiger partial charge in [0.1, 0.15) is 5.75 Å². The van der Waals surface area contributed by atoms with Gasteiger partial charge in [-0.1, -0.05) is 39.8 Å². The zero-order valence-electron chi connectivity index (χ0n) is 16.8. The van der Waals surface area contributed by atoms with Crippen molar-refractivity contribution in [1.82, 2.24) is 15.2 Å². The molecule has 0 spiro atoms. The molecule has 2 heterocycles. The van der Waals surface area contributed by atoms with Gasteiger partial charge < -0.3 is 19.5 Å². The Morgan fingerprint density at radius 3 is 2.90 bits per heavy atom. The third-order valence-electron chi connectivity index (χ3n) is 4.42. The van der Waals surface area contributed by atoms with Gasteiger partial charge >= 0.3 is 5.97 Å². The van der Waals surface area contributed by atoms with Crippen LogP contribution in [0.2, 0.25) is 0 Å². The van der Waals surface area contributed by atoms with Crippen molar-refractivity contribution in [2.45, 2.75) is 18.3 Å². The highest BCUT2D eigenvalue weighted by atomic mass is 79.9. The number of aromatic nitrogens is 3. The lowest BCUT2D eigenvalue weighted by atomic mass is 10.1. The second-order valence-corrected chi connectivity index (χ2v) is 8.10. The summed E-state index contributed by atoms with van der Waals surface area (Å²) in [7, 11) is 0. The Kier molecular flexibility index (Phi) is 6.57. The van der Waals surface area contributed by atoms with Crippen molar-refractivity contribution in [3.63, 3.8) is 0 Å². The van der Waals surface area contributed by atoms with Crippen LogP contribution in [0.4, 0.5) is 5.69 Å². The molecule has 0 saturated carbocycles. The minimum absolute atomic E-state index is 0.196. The van der Waals surface area contributed by atoms with E-state index in [0.29, 0.717) is 34.7 Å². The minimum atomic E-state index is -0.633. The molecule has 3 aromatic rings. The molecule has 2 aromatic carbocycles. The number of nitrogens with one attached hydrogen (secondary N) is 1. The lowest BCUT2D eigenvalue weighted by molar-refractivity contribution is -0.145. The third kappa shape index (κ3) is 4.75. The molecule has 0 saturated heterocycles. The van der Waals surface area contributed by atoms with Crippen LogP contribution in [0.5, 0.6) is 11.6 Å². The summed E-state index contributed by atoms with van der Waals surface area (Å²) in [6.45, 7) is 1.85. The molecule has 1 aliphatic heterocycles. The number of halogens is 1. The van der Waals surface area contributed by atoms with Crippen molar-refractivity contribution < 1.29 is 19.0 Å². The van der Waals surface area contributed by atoms with Crippen LogP contribution >= 0.6 is 27.7 Å². The van der Waals surface area contributed by atoms with Crippen molar-refractivity contribution >= 4 is 39.3 Å². The summed E-state index contributed by atoms with van der Waals surface area (Å²) in [5.74, 6) is 0.422. The number of hydrogen-bond acceptors (Lipinski definition) is 9. The number of anilines is 1. The van der Waals surface area contributed by atoms with Crippen molar-refractivity contribution in [2.24, 2.45) is 0 Å². The standard InChI is InChI=1S/C21H19BrN4O4S/c1-3-28-17(27)11-29-16-7-5-4-6-13(16)19-23-15-9-8-12(22)10-14(15)18-20(30-19)24-21(31-2)26-25-18/h4-10,19,23H,3,11H2,1-2H3/t19-/m0/s1. The van der Waals surface area contributed by atoms with E-state index in [2.05, 4.69) is 36.4 Å². The molecule has 8 nitrogen and oxygen atoms in total. The molecule has 1 aromatic heterocycles. The van der Waals surface area contributed by atoms with Crippen molar-refractivity contribution in [1.29, 1.82) is 0 Å². The second kappa shape index (κ2) is 9.52. The lowest BCUT2D eigenvalue weighted by Gasteiger charge is -2.21. The molecule has 0 radical (unpaired) electrons. The molecule has 1 atom stereocenters. The SMILES string of the molecule is CCOC(=O)COc1ccccc1[C@H]1Nc2ccc(Br)cc2-c2nnc(SC)nc2O1. The van der Waals surface area contributed by atoms with E-state index in [9.17, 15) is 4.79 Å². The number of nitrogens with zero attached hydrogens (tertiary/aromatic N) is 3. The lowest BCUT2D eigenvalue weighted by Crippen LogP contribution is -2.20. The summed E-state index contributed by atoms with van der Waals surface area (Å²) in [5.41, 5.74) is 2.86. The van der Waals surface area contributed by atoms with Gasteiger partial charge in [-0.3, -0.25) is 0 Å². The maximum atomic E-state index is 11.8. The van der Waals surface area contributed by atoms with Crippen molar-refractivity contribution in [2.75, 3.05) is 24.8 Å². The van der Waals surface area contributed by atoms with Crippen LogP contribution in [0, 0.1) is 0 Å². The van der Waals surface area contributed by atoms with E-state index >= 15 is 0 Å². The molecule has 0 fully saturated rings. The summed E-state index contributed by atoms with van der Waals surface area (Å²) in [6, 6.07) is 13.1. The van der Waals surface area contributed by atoms with E-state index in [1.54, 1.807) is 13.0 Å². The molecule has 0 bridgehead atoms. The zero-order chi connectivity index (χ0) is 21.8. The van der Waals surface area contributed by atoms with Crippen LogP contribution in [0.15, 0.2) is 52.1 Å². The fraction of sp³-hybridized carbons (Fsp3) is 0.238. The molecular formula is C21H19BrN4O4S. The zero-order valence-corrected chi connectivity index (χ0v) is 19.2. The number of benzene rings is 2. The predicted octanol–water partition coefficient (Wildman–Crippen LogP) is 4.47. The molecule has 160 valence electrons. The highest BCUT2D eigenvalue weighted by Gasteiger charge is 2.28. The van der Waals surface area contributed by atoms with Gasteiger partial charge in [0.05, 0.1) is 12.2 Å². The summed E-state index contributed by atoms with van der Waals surface area (Å²) < 4.78 is 17.8. The Morgan fingerprint density at radius 1 is 1.26 bits per heavy atom. The molecule has 1 aliphatic rings. The predicted molar refractivity (Wildman–Crippen MR) is 120 cm³/mol. The van der Waals surface area contributed by atoms with Crippen LogP contribution in [-0.4, -0.2) is 40.6 Å². The summed E-state index contributed by atoms with van der Waals surface area (Å²) in [4.78, 5) is 16.3. The Labute approximate surface area is 191 Å². The molecule has 0 unspecified atom stereocenters. The number of esters is 1. The largest absolute Gasteiger partial charge is 0.481 e. The molecule has 31 heavy (non-hydrogen) atoms. The fourth-order valence-electron chi connectivity index (χ4n) is 3.07. The summed E-state index contributed by atoms with van der Waals surface area (Å²) in [5, 5.41) is 12.4. The highest BCUT2D eigenvalue weighted by Crippen LogP contribution is 2.42. The number of hydrogen-bond donors (Lipinski definition) is 1. The Hall–Kier alpha value is -2.85. The monoisotopic (exact) mass is 502 g/mol. The quantitative estimate of drug-likeness (QED) is 0.386. The van der Waals surface area contributed by atoms with Gasteiger partial charge in [-0.25, -0.2) is 4.79 Å². The number of thioether (sulfide) groups is 1. The average molecular weight is 503 g/mol. The van der Waals surface area contributed by atoms with E-state index in [0.717, 1.165) is 15.7 Å². The first-order chi connectivity index (χ1) is 15.1. The Bertz CT molecular complexity index is 1110. The number of rotatable bonds is 6. The highest BCUT2D eigenvalue weighted by molar-refractivity contribution is 9.10. The molecule has 0 aliphatic carbocycles. The first-order valence-corrected chi connectivity index (χ1v) is 11.5. The first kappa shape index (κ1) is 21.4. The van der Waals surface area contributed by atoms with E-state index in [4.69, 9.17) is 14.2 Å². The van der Waals surface area contributed by atoms with Crippen LogP contribution in [0.1, 0.15) is 18.7 Å². The maximum absolute atomic E-state index is 11.8. The molecular weight excluding hydrogens is 484 g/mol. The van der Waals surface area contributed by atoms with Crippen LogP contribution in [-0.2, 0) is 9.53 Å². The Morgan fingerprint density at radius 2 is 2.10 bits per heavy atom. The van der Waals surface area contributed by atoms with Gasteiger partial charge in [-0.15, -0.1) is 10.2 Å². The van der Waals surface area contributed by atoms with Crippen LogP contribution in [0.3, 0.4) is 0 Å². The van der Waals surface area contributed by atoms with Gasteiger partial charge in [0.2, 0.25) is 17.3 Å².